The number of anilines is 1. The summed E-state index contributed by atoms with van der Waals surface area (Å²) in [6.07, 6.45) is -4.63. The topological polar surface area (TPSA) is 82.5 Å². The molecule has 0 amide bonds. The van der Waals surface area contributed by atoms with Crippen molar-refractivity contribution in [3.05, 3.63) is 71.2 Å². The maximum absolute atomic E-state index is 14.0. The number of benzene rings is 2. The number of hydrogen-bond acceptors (Lipinski definition) is 6. The van der Waals surface area contributed by atoms with Gasteiger partial charge in [-0.15, -0.1) is 16.4 Å². The Morgan fingerprint density at radius 3 is 2.41 bits per heavy atom. The molecule has 6 nitrogen and oxygen atoms in total. The summed E-state index contributed by atoms with van der Waals surface area (Å²) >= 11 is 6.95. The van der Waals surface area contributed by atoms with E-state index in [4.69, 9.17) is 17.3 Å². The van der Waals surface area contributed by atoms with Crippen LogP contribution in [-0.4, -0.2) is 25.2 Å². The van der Waals surface area contributed by atoms with E-state index in [2.05, 4.69) is 20.5 Å². The predicted molar refractivity (Wildman–Crippen MR) is 118 cm³/mol. The van der Waals surface area contributed by atoms with Crippen LogP contribution in [0.15, 0.2) is 60.7 Å². The first kappa shape index (κ1) is 20.4. The summed E-state index contributed by atoms with van der Waals surface area (Å²) in [4.78, 5) is 4.91. The Bertz CT molecular complexity index is 1430. The molecule has 11 heteroatoms. The summed E-state index contributed by atoms with van der Waals surface area (Å²) < 4.78 is 43.4. The van der Waals surface area contributed by atoms with Crippen LogP contribution < -0.4 is 5.73 Å². The average molecular weight is 473 g/mol. The minimum absolute atomic E-state index is 0.0746. The highest BCUT2D eigenvalue weighted by atomic mass is 35.5. The molecule has 3 aromatic heterocycles. The number of aromatic nitrogens is 5. The molecule has 0 aliphatic rings. The number of nitrogens with two attached hydrogens (primary N) is 1. The molecule has 32 heavy (non-hydrogen) atoms. The molecule has 2 N–H and O–H groups in total. The Hall–Kier alpha value is -3.50. The Kier molecular flexibility index (Phi) is 4.83. The van der Waals surface area contributed by atoms with Crippen molar-refractivity contribution in [3.63, 3.8) is 0 Å². The largest absolute Gasteiger partial charge is 0.417 e. The quantitative estimate of drug-likeness (QED) is 0.355. The SMILES string of the molecule is Nc1c(-c2nnnn2-c2ccc(Cl)cc2)sc2nc(-c3ccccc3)cc(C(F)(F)F)c12. The van der Waals surface area contributed by atoms with Crippen molar-refractivity contribution in [2.24, 2.45) is 0 Å². The van der Waals surface area contributed by atoms with Crippen molar-refractivity contribution in [1.82, 2.24) is 25.2 Å². The van der Waals surface area contributed by atoms with Crippen molar-refractivity contribution in [3.8, 4) is 27.6 Å². The molecule has 2 aromatic carbocycles. The molecule has 160 valence electrons. The van der Waals surface area contributed by atoms with Gasteiger partial charge in [0.2, 0.25) is 0 Å². The minimum atomic E-state index is -4.63. The van der Waals surface area contributed by atoms with E-state index in [0.29, 0.717) is 21.2 Å². The predicted octanol–water partition coefficient (Wildman–Crippen LogP) is 5.86. The number of fused-ring (bicyclic) bond motifs is 1. The highest BCUT2D eigenvalue weighted by Gasteiger charge is 2.36. The highest BCUT2D eigenvalue weighted by Crippen LogP contribution is 2.46. The van der Waals surface area contributed by atoms with Crippen molar-refractivity contribution in [2.45, 2.75) is 6.18 Å². The standard InChI is InChI=1S/C21H12ClF3N6S/c22-12-6-8-13(9-7-12)31-19(28-29-30-31)18-17(26)16-14(21(23,24)25)10-15(27-20(16)32-18)11-4-2-1-3-5-11/h1-10H,26H2. The van der Waals surface area contributed by atoms with E-state index in [1.54, 1.807) is 54.6 Å². The van der Waals surface area contributed by atoms with Crippen molar-refractivity contribution < 1.29 is 13.2 Å². The van der Waals surface area contributed by atoms with Gasteiger partial charge in [0.25, 0.3) is 0 Å². The van der Waals surface area contributed by atoms with Crippen LogP contribution in [0.2, 0.25) is 5.02 Å². The molecule has 0 aliphatic heterocycles. The molecule has 0 fully saturated rings. The maximum atomic E-state index is 14.0. The van der Waals surface area contributed by atoms with E-state index in [9.17, 15) is 13.2 Å². The zero-order valence-corrected chi connectivity index (χ0v) is 17.6. The van der Waals surface area contributed by atoms with Crippen LogP contribution in [0.25, 0.3) is 37.9 Å². The smallest absolute Gasteiger partial charge is 0.397 e. The van der Waals surface area contributed by atoms with Gasteiger partial charge in [0, 0.05) is 16.0 Å². The van der Waals surface area contributed by atoms with Crippen LogP contribution in [0, 0.1) is 0 Å². The third-order valence-corrected chi connectivity index (χ3v) is 6.17. The lowest BCUT2D eigenvalue weighted by atomic mass is 10.1. The minimum Gasteiger partial charge on any atom is -0.397 e. The summed E-state index contributed by atoms with van der Waals surface area (Å²) in [6, 6.07) is 16.4. The van der Waals surface area contributed by atoms with Crippen LogP contribution >= 0.6 is 22.9 Å². The second-order valence-electron chi connectivity index (χ2n) is 6.83. The van der Waals surface area contributed by atoms with Crippen LogP contribution in [0.3, 0.4) is 0 Å². The average Bonchev–Trinajstić information content (AvgIpc) is 3.38. The number of rotatable bonds is 3. The second kappa shape index (κ2) is 7.57. The monoisotopic (exact) mass is 472 g/mol. The number of tetrazole rings is 1. The summed E-state index contributed by atoms with van der Waals surface area (Å²) in [7, 11) is 0. The van der Waals surface area contributed by atoms with Gasteiger partial charge >= 0.3 is 6.18 Å². The molecule has 0 spiro atoms. The van der Waals surface area contributed by atoms with E-state index in [1.807, 2.05) is 0 Å². The number of hydrogen-bond donors (Lipinski definition) is 1. The molecule has 0 saturated heterocycles. The first-order valence-corrected chi connectivity index (χ1v) is 10.4. The fourth-order valence-corrected chi connectivity index (χ4v) is 4.57. The van der Waals surface area contributed by atoms with Gasteiger partial charge < -0.3 is 5.73 Å². The molecule has 0 unspecified atom stereocenters. The number of halogens is 4. The molecule has 0 saturated carbocycles. The van der Waals surface area contributed by atoms with Gasteiger partial charge in [0.15, 0.2) is 5.82 Å². The van der Waals surface area contributed by atoms with Gasteiger partial charge in [-0.1, -0.05) is 41.9 Å². The molecule has 0 aliphatic carbocycles. The summed E-state index contributed by atoms with van der Waals surface area (Å²) in [6.45, 7) is 0. The second-order valence-corrected chi connectivity index (χ2v) is 8.27. The van der Waals surface area contributed by atoms with Crippen LogP contribution in [-0.2, 0) is 6.18 Å². The van der Waals surface area contributed by atoms with Crippen molar-refractivity contribution in [1.29, 1.82) is 0 Å². The molecule has 5 aromatic rings. The Labute approximate surface area is 188 Å². The molecule has 5 rings (SSSR count). The summed E-state index contributed by atoms with van der Waals surface area (Å²) in [5.74, 6) is 0.210. The Morgan fingerprint density at radius 2 is 1.72 bits per heavy atom. The van der Waals surface area contributed by atoms with Gasteiger partial charge in [-0.05, 0) is 40.8 Å². The van der Waals surface area contributed by atoms with E-state index >= 15 is 0 Å². The molecule has 3 heterocycles. The third kappa shape index (κ3) is 3.47. The maximum Gasteiger partial charge on any atom is 0.417 e. The van der Waals surface area contributed by atoms with E-state index in [1.165, 1.54) is 4.68 Å². The first-order chi connectivity index (χ1) is 15.3. The van der Waals surface area contributed by atoms with Crippen LogP contribution in [0.1, 0.15) is 5.56 Å². The number of nitrogen functional groups attached to an aromatic ring is 1. The van der Waals surface area contributed by atoms with E-state index in [0.717, 1.165) is 17.4 Å². The highest BCUT2D eigenvalue weighted by molar-refractivity contribution is 7.22. The number of nitrogens with zero attached hydrogens (tertiary/aromatic N) is 5. The zero-order chi connectivity index (χ0) is 22.5. The van der Waals surface area contributed by atoms with Crippen LogP contribution in [0.4, 0.5) is 18.9 Å². The van der Waals surface area contributed by atoms with Crippen molar-refractivity contribution in [2.75, 3.05) is 5.73 Å². The fraction of sp³-hybridized carbons (Fsp3) is 0.0476. The van der Waals surface area contributed by atoms with Crippen molar-refractivity contribution >= 4 is 38.8 Å². The fourth-order valence-electron chi connectivity index (χ4n) is 3.35. The lowest BCUT2D eigenvalue weighted by Gasteiger charge is -2.11. The number of thiophene rings is 1. The van der Waals surface area contributed by atoms with Gasteiger partial charge in [0.1, 0.15) is 4.83 Å². The first-order valence-electron chi connectivity index (χ1n) is 9.23. The molecular formula is C21H12ClF3N6S. The zero-order valence-electron chi connectivity index (χ0n) is 16.0. The Balaban J connectivity index is 1.75. The number of pyridine rings is 1. The van der Waals surface area contributed by atoms with Crippen LogP contribution in [0.5, 0.6) is 0 Å². The molecule has 0 atom stereocenters. The van der Waals surface area contributed by atoms with Gasteiger partial charge in [-0.25, -0.2) is 4.98 Å². The lowest BCUT2D eigenvalue weighted by Crippen LogP contribution is -2.07. The molecule has 0 bridgehead atoms. The van der Waals surface area contributed by atoms with E-state index in [-0.39, 0.29) is 27.4 Å². The van der Waals surface area contributed by atoms with Gasteiger partial charge in [0.05, 0.1) is 27.5 Å². The van der Waals surface area contributed by atoms with E-state index < -0.39 is 11.7 Å². The number of alkyl halides is 3. The molecule has 0 radical (unpaired) electrons. The molecular weight excluding hydrogens is 461 g/mol. The summed E-state index contributed by atoms with van der Waals surface area (Å²) in [5, 5.41) is 12.0. The third-order valence-electron chi connectivity index (χ3n) is 4.82. The summed E-state index contributed by atoms with van der Waals surface area (Å²) in [5.41, 5.74) is 6.66. The lowest BCUT2D eigenvalue weighted by molar-refractivity contribution is -0.136. The van der Waals surface area contributed by atoms with Gasteiger partial charge in [-0.3, -0.25) is 0 Å². The normalized spacial score (nSPS) is 11.9. The van der Waals surface area contributed by atoms with Gasteiger partial charge in [-0.2, -0.15) is 17.9 Å². The Morgan fingerprint density at radius 1 is 1.00 bits per heavy atom.